The fraction of sp³-hybridized carbons (Fsp3) is 0.286. The average molecular weight is 350 g/mol. The SMILES string of the molecule is CCCC(=O)OCCc1ccnn(Cc2cccc3ccccc23)c1=O. The summed E-state index contributed by atoms with van der Waals surface area (Å²) in [7, 11) is 0. The van der Waals surface area contributed by atoms with Crippen LogP contribution in [0.1, 0.15) is 30.9 Å². The summed E-state index contributed by atoms with van der Waals surface area (Å²) in [5, 5.41) is 6.46. The third-order valence-electron chi connectivity index (χ3n) is 4.28. The fourth-order valence-corrected chi connectivity index (χ4v) is 2.94. The molecule has 0 aliphatic carbocycles. The molecule has 0 atom stereocenters. The smallest absolute Gasteiger partial charge is 0.305 e. The number of benzene rings is 2. The highest BCUT2D eigenvalue weighted by molar-refractivity contribution is 5.85. The number of hydrogen-bond donors (Lipinski definition) is 0. The van der Waals surface area contributed by atoms with Gasteiger partial charge in [-0.2, -0.15) is 5.10 Å². The van der Waals surface area contributed by atoms with E-state index in [0.717, 1.165) is 22.8 Å². The van der Waals surface area contributed by atoms with Crippen molar-refractivity contribution in [2.24, 2.45) is 0 Å². The zero-order valence-electron chi connectivity index (χ0n) is 14.9. The Morgan fingerprint density at radius 1 is 1.08 bits per heavy atom. The van der Waals surface area contributed by atoms with Crippen molar-refractivity contribution in [1.29, 1.82) is 0 Å². The maximum Gasteiger partial charge on any atom is 0.305 e. The van der Waals surface area contributed by atoms with Gasteiger partial charge in [0.25, 0.3) is 5.56 Å². The number of carbonyl (C=O) groups is 1. The van der Waals surface area contributed by atoms with Gasteiger partial charge in [-0.15, -0.1) is 0 Å². The molecular formula is C21H22N2O3. The number of esters is 1. The van der Waals surface area contributed by atoms with Gasteiger partial charge >= 0.3 is 5.97 Å². The third kappa shape index (κ3) is 4.17. The van der Waals surface area contributed by atoms with E-state index >= 15 is 0 Å². The first-order valence-corrected chi connectivity index (χ1v) is 8.86. The molecule has 0 amide bonds. The van der Waals surface area contributed by atoms with Crippen molar-refractivity contribution in [3.8, 4) is 0 Å². The minimum absolute atomic E-state index is 0.146. The number of ether oxygens (including phenoxy) is 1. The average Bonchev–Trinajstić information content (AvgIpc) is 2.65. The van der Waals surface area contributed by atoms with E-state index in [2.05, 4.69) is 17.2 Å². The molecule has 0 saturated carbocycles. The standard InChI is InChI=1S/C21H22N2O3/c1-2-6-20(24)26-14-12-17-11-13-22-23(21(17)25)15-18-9-5-8-16-7-3-4-10-19(16)18/h3-5,7-11,13H,2,6,12,14-15H2,1H3. The molecule has 1 heterocycles. The predicted molar refractivity (Wildman–Crippen MR) is 101 cm³/mol. The lowest BCUT2D eigenvalue weighted by atomic mass is 10.0. The maximum atomic E-state index is 12.7. The summed E-state index contributed by atoms with van der Waals surface area (Å²) in [6.45, 7) is 2.55. The molecule has 0 bridgehead atoms. The molecule has 0 saturated heterocycles. The van der Waals surface area contributed by atoms with Crippen molar-refractivity contribution in [1.82, 2.24) is 9.78 Å². The highest BCUT2D eigenvalue weighted by atomic mass is 16.5. The topological polar surface area (TPSA) is 61.2 Å². The first kappa shape index (κ1) is 17.9. The summed E-state index contributed by atoms with van der Waals surface area (Å²) in [5.74, 6) is -0.224. The summed E-state index contributed by atoms with van der Waals surface area (Å²) >= 11 is 0. The van der Waals surface area contributed by atoms with Gasteiger partial charge in [0, 0.05) is 24.6 Å². The van der Waals surface area contributed by atoms with E-state index in [0.29, 0.717) is 24.9 Å². The molecule has 134 valence electrons. The van der Waals surface area contributed by atoms with Gasteiger partial charge in [-0.3, -0.25) is 9.59 Å². The lowest BCUT2D eigenvalue weighted by Gasteiger charge is -2.10. The van der Waals surface area contributed by atoms with Crippen molar-refractivity contribution in [3.63, 3.8) is 0 Å². The normalized spacial score (nSPS) is 10.8. The molecule has 26 heavy (non-hydrogen) atoms. The molecular weight excluding hydrogens is 328 g/mol. The molecule has 0 aliphatic heterocycles. The van der Waals surface area contributed by atoms with E-state index in [1.54, 1.807) is 12.3 Å². The molecule has 1 aromatic heterocycles. The first-order chi connectivity index (χ1) is 12.7. The fourth-order valence-electron chi connectivity index (χ4n) is 2.94. The van der Waals surface area contributed by atoms with Crippen LogP contribution in [0.25, 0.3) is 10.8 Å². The van der Waals surface area contributed by atoms with Gasteiger partial charge in [-0.1, -0.05) is 49.4 Å². The van der Waals surface area contributed by atoms with Crippen LogP contribution in [-0.4, -0.2) is 22.4 Å². The summed E-state index contributed by atoms with van der Waals surface area (Å²) < 4.78 is 6.61. The Hall–Kier alpha value is -2.95. The predicted octanol–water partition coefficient (Wildman–Crippen LogP) is 3.33. The lowest BCUT2D eigenvalue weighted by molar-refractivity contribution is -0.143. The van der Waals surface area contributed by atoms with E-state index in [1.807, 2.05) is 37.3 Å². The van der Waals surface area contributed by atoms with Crippen LogP contribution in [0.15, 0.2) is 59.5 Å². The Labute approximate surface area is 152 Å². The van der Waals surface area contributed by atoms with Gasteiger partial charge in [0.1, 0.15) is 0 Å². The van der Waals surface area contributed by atoms with Crippen LogP contribution >= 0.6 is 0 Å². The Balaban J connectivity index is 1.77. The maximum absolute atomic E-state index is 12.7. The molecule has 0 aliphatic rings. The van der Waals surface area contributed by atoms with Gasteiger partial charge in [-0.05, 0) is 28.8 Å². The van der Waals surface area contributed by atoms with Crippen LogP contribution in [-0.2, 0) is 22.5 Å². The molecule has 0 N–H and O–H groups in total. The minimum atomic E-state index is -0.224. The van der Waals surface area contributed by atoms with Gasteiger partial charge in [0.15, 0.2) is 0 Å². The number of fused-ring (bicyclic) bond motifs is 1. The highest BCUT2D eigenvalue weighted by Gasteiger charge is 2.08. The van der Waals surface area contributed by atoms with Crippen LogP contribution in [0.4, 0.5) is 0 Å². The van der Waals surface area contributed by atoms with Crippen LogP contribution < -0.4 is 5.56 Å². The Bertz CT molecular complexity index is 957. The van der Waals surface area contributed by atoms with Crippen LogP contribution in [0, 0.1) is 0 Å². The molecule has 3 rings (SSSR count). The van der Waals surface area contributed by atoms with Crippen molar-refractivity contribution in [3.05, 3.63) is 76.2 Å². The Morgan fingerprint density at radius 3 is 2.73 bits per heavy atom. The van der Waals surface area contributed by atoms with Crippen LogP contribution in [0.2, 0.25) is 0 Å². The largest absolute Gasteiger partial charge is 0.465 e. The summed E-state index contributed by atoms with van der Waals surface area (Å²) in [6, 6.07) is 15.8. The van der Waals surface area contributed by atoms with Gasteiger partial charge < -0.3 is 4.74 Å². The summed E-state index contributed by atoms with van der Waals surface area (Å²) in [6.07, 6.45) is 3.18. The zero-order valence-corrected chi connectivity index (χ0v) is 14.9. The van der Waals surface area contributed by atoms with Crippen molar-refractivity contribution in [2.45, 2.75) is 32.7 Å². The first-order valence-electron chi connectivity index (χ1n) is 8.86. The molecule has 0 radical (unpaired) electrons. The number of rotatable bonds is 7. The van der Waals surface area contributed by atoms with E-state index in [1.165, 1.54) is 4.68 Å². The number of nitrogens with zero attached hydrogens (tertiary/aromatic N) is 2. The zero-order chi connectivity index (χ0) is 18.4. The third-order valence-corrected chi connectivity index (χ3v) is 4.28. The van der Waals surface area contributed by atoms with E-state index in [9.17, 15) is 9.59 Å². The monoisotopic (exact) mass is 350 g/mol. The number of carbonyl (C=O) groups excluding carboxylic acids is 1. The van der Waals surface area contributed by atoms with Crippen molar-refractivity contribution < 1.29 is 9.53 Å². The lowest BCUT2D eigenvalue weighted by Crippen LogP contribution is -2.27. The second-order valence-corrected chi connectivity index (χ2v) is 6.18. The number of hydrogen-bond acceptors (Lipinski definition) is 4. The number of aromatic nitrogens is 2. The highest BCUT2D eigenvalue weighted by Crippen LogP contribution is 2.18. The minimum Gasteiger partial charge on any atom is -0.465 e. The molecule has 0 spiro atoms. The molecule has 5 nitrogen and oxygen atoms in total. The molecule has 0 unspecified atom stereocenters. The van der Waals surface area contributed by atoms with E-state index in [-0.39, 0.29) is 18.1 Å². The molecule has 2 aromatic carbocycles. The molecule has 5 heteroatoms. The van der Waals surface area contributed by atoms with Crippen molar-refractivity contribution >= 4 is 16.7 Å². The quantitative estimate of drug-likeness (QED) is 0.613. The van der Waals surface area contributed by atoms with Crippen molar-refractivity contribution in [2.75, 3.05) is 6.61 Å². The van der Waals surface area contributed by atoms with Crippen LogP contribution in [0.5, 0.6) is 0 Å². The van der Waals surface area contributed by atoms with E-state index < -0.39 is 0 Å². The van der Waals surface area contributed by atoms with Gasteiger partial charge in [0.2, 0.25) is 0 Å². The second kappa shape index (κ2) is 8.43. The van der Waals surface area contributed by atoms with E-state index in [4.69, 9.17) is 4.74 Å². The molecule has 0 fully saturated rings. The van der Waals surface area contributed by atoms with Gasteiger partial charge in [0.05, 0.1) is 13.2 Å². The molecule has 3 aromatic rings. The second-order valence-electron chi connectivity index (χ2n) is 6.18. The summed E-state index contributed by atoms with van der Waals surface area (Å²) in [4.78, 5) is 24.1. The Morgan fingerprint density at radius 2 is 1.88 bits per heavy atom. The van der Waals surface area contributed by atoms with Gasteiger partial charge in [-0.25, -0.2) is 4.68 Å². The Kier molecular flexibility index (Phi) is 5.79. The summed E-state index contributed by atoms with van der Waals surface area (Å²) in [5.41, 5.74) is 1.50. The van der Waals surface area contributed by atoms with Crippen LogP contribution in [0.3, 0.4) is 0 Å².